The first-order chi connectivity index (χ1) is 16.4. The predicted molar refractivity (Wildman–Crippen MR) is 135 cm³/mol. The maximum atomic E-state index is 13.3. The Morgan fingerprint density at radius 2 is 1.50 bits per heavy atom. The number of nitrogens with zero attached hydrogens (tertiary/aromatic N) is 4. The molecule has 2 aromatic carbocycles. The number of piperazine rings is 1. The average Bonchev–Trinajstić information content (AvgIpc) is 2.87. The van der Waals surface area contributed by atoms with Gasteiger partial charge in [-0.2, -0.15) is 0 Å². The van der Waals surface area contributed by atoms with E-state index in [2.05, 4.69) is 28.6 Å². The monoisotopic (exact) mass is 458 g/mol. The average molecular weight is 459 g/mol. The van der Waals surface area contributed by atoms with E-state index in [1.807, 2.05) is 59.5 Å². The largest absolute Gasteiger partial charge is 0.478 e. The number of aromatic nitrogens is 1. The van der Waals surface area contributed by atoms with Crippen LogP contribution in [0.25, 0.3) is 0 Å². The van der Waals surface area contributed by atoms with Crippen molar-refractivity contribution in [2.45, 2.75) is 13.8 Å². The number of aromatic carboxylic acids is 1. The number of para-hydroxylation sites is 1. The number of anilines is 3. The minimum absolute atomic E-state index is 0.0476. The lowest BCUT2D eigenvalue weighted by atomic mass is 10.1. The molecule has 0 bridgehead atoms. The van der Waals surface area contributed by atoms with Crippen LogP contribution in [0.15, 0.2) is 72.9 Å². The maximum Gasteiger partial charge on any atom is 0.335 e. The number of carbonyl (C=O) groups is 2. The molecule has 4 rings (SSSR count). The van der Waals surface area contributed by atoms with Crippen LogP contribution in [-0.2, 0) is 0 Å². The van der Waals surface area contributed by atoms with E-state index >= 15 is 0 Å². The van der Waals surface area contributed by atoms with Gasteiger partial charge in [-0.05, 0) is 54.4 Å². The van der Waals surface area contributed by atoms with Gasteiger partial charge in [-0.1, -0.05) is 32.0 Å². The van der Waals surface area contributed by atoms with Crippen molar-refractivity contribution < 1.29 is 14.7 Å². The van der Waals surface area contributed by atoms with E-state index < -0.39 is 5.97 Å². The fraction of sp³-hybridized carbons (Fsp3) is 0.296. The van der Waals surface area contributed by atoms with Gasteiger partial charge in [0.05, 0.1) is 11.1 Å². The molecular weight excluding hydrogens is 428 g/mol. The Labute approximate surface area is 200 Å². The fourth-order valence-electron chi connectivity index (χ4n) is 4.14. The van der Waals surface area contributed by atoms with Crippen LogP contribution in [0.4, 0.5) is 17.2 Å². The zero-order chi connectivity index (χ0) is 24.1. The van der Waals surface area contributed by atoms with Crippen molar-refractivity contribution >= 4 is 29.1 Å². The van der Waals surface area contributed by atoms with Crippen LogP contribution in [-0.4, -0.2) is 54.7 Å². The van der Waals surface area contributed by atoms with Crippen LogP contribution < -0.4 is 14.7 Å². The van der Waals surface area contributed by atoms with Crippen LogP contribution in [0.3, 0.4) is 0 Å². The molecule has 2 heterocycles. The van der Waals surface area contributed by atoms with Gasteiger partial charge in [0.1, 0.15) is 5.82 Å². The highest BCUT2D eigenvalue weighted by Crippen LogP contribution is 2.22. The van der Waals surface area contributed by atoms with Crippen molar-refractivity contribution in [3.05, 3.63) is 84.1 Å². The summed E-state index contributed by atoms with van der Waals surface area (Å²) >= 11 is 0. The van der Waals surface area contributed by atoms with Crippen molar-refractivity contribution in [3.63, 3.8) is 0 Å². The van der Waals surface area contributed by atoms with Crippen molar-refractivity contribution in [1.82, 2.24) is 4.98 Å². The topological polar surface area (TPSA) is 77.0 Å². The Morgan fingerprint density at radius 3 is 2.06 bits per heavy atom. The Morgan fingerprint density at radius 1 is 0.882 bits per heavy atom. The van der Waals surface area contributed by atoms with E-state index in [0.29, 0.717) is 23.6 Å². The summed E-state index contributed by atoms with van der Waals surface area (Å²) in [7, 11) is 0. The molecule has 1 saturated heterocycles. The molecule has 0 atom stereocenters. The molecule has 0 saturated carbocycles. The first kappa shape index (κ1) is 23.3. The molecule has 0 radical (unpaired) electrons. The number of carbonyl (C=O) groups excluding carboxylic acids is 1. The van der Waals surface area contributed by atoms with Gasteiger partial charge < -0.3 is 19.8 Å². The molecule has 7 nitrogen and oxygen atoms in total. The third-order valence-corrected chi connectivity index (χ3v) is 5.94. The van der Waals surface area contributed by atoms with Gasteiger partial charge >= 0.3 is 5.97 Å². The standard InChI is InChI=1S/C27H30N4O3/c1-20(2)19-31(24-6-4-3-5-7-24)26(32)22-10-13-25(28-18-22)30-16-14-29(15-17-30)23-11-8-21(9-12-23)27(33)34/h3-13,18,20H,14-17,19H2,1-2H3,(H,33,34). The summed E-state index contributed by atoms with van der Waals surface area (Å²) in [6.07, 6.45) is 1.67. The van der Waals surface area contributed by atoms with Crippen molar-refractivity contribution in [2.24, 2.45) is 5.92 Å². The van der Waals surface area contributed by atoms with Crippen molar-refractivity contribution in [3.8, 4) is 0 Å². The maximum absolute atomic E-state index is 13.3. The number of carboxylic acid groups (broad SMARTS) is 1. The number of hydrogen-bond donors (Lipinski definition) is 1. The minimum Gasteiger partial charge on any atom is -0.478 e. The molecule has 34 heavy (non-hydrogen) atoms. The highest BCUT2D eigenvalue weighted by Gasteiger charge is 2.21. The number of rotatable bonds is 7. The summed E-state index contributed by atoms with van der Waals surface area (Å²) in [6.45, 7) is 8.06. The molecular formula is C27H30N4O3. The Kier molecular flexibility index (Phi) is 7.11. The summed E-state index contributed by atoms with van der Waals surface area (Å²) in [5.41, 5.74) is 2.77. The van der Waals surface area contributed by atoms with Gasteiger partial charge in [-0.25, -0.2) is 9.78 Å². The fourth-order valence-corrected chi connectivity index (χ4v) is 4.14. The molecule has 7 heteroatoms. The lowest BCUT2D eigenvalue weighted by Gasteiger charge is -2.36. The predicted octanol–water partition coefficient (Wildman–Crippen LogP) is 4.41. The molecule has 1 aliphatic heterocycles. The summed E-state index contributed by atoms with van der Waals surface area (Å²) in [6, 6.07) is 20.5. The molecule has 1 N–H and O–H groups in total. The lowest BCUT2D eigenvalue weighted by molar-refractivity contribution is 0.0696. The number of pyridine rings is 1. The van der Waals surface area contributed by atoms with E-state index in [9.17, 15) is 9.59 Å². The van der Waals surface area contributed by atoms with E-state index in [4.69, 9.17) is 5.11 Å². The second-order valence-electron chi connectivity index (χ2n) is 8.88. The number of carboxylic acids is 1. The third-order valence-electron chi connectivity index (χ3n) is 5.94. The van der Waals surface area contributed by atoms with Gasteiger partial charge in [-0.15, -0.1) is 0 Å². The first-order valence-corrected chi connectivity index (χ1v) is 11.6. The van der Waals surface area contributed by atoms with Crippen molar-refractivity contribution in [2.75, 3.05) is 47.4 Å². The van der Waals surface area contributed by atoms with Gasteiger partial charge in [-0.3, -0.25) is 4.79 Å². The molecule has 176 valence electrons. The van der Waals surface area contributed by atoms with Crippen LogP contribution in [0.1, 0.15) is 34.6 Å². The second-order valence-corrected chi connectivity index (χ2v) is 8.88. The Bertz CT molecular complexity index is 1110. The SMILES string of the molecule is CC(C)CN(C(=O)c1ccc(N2CCN(c3ccc(C(=O)O)cc3)CC2)nc1)c1ccccc1. The van der Waals surface area contributed by atoms with Gasteiger partial charge in [0.2, 0.25) is 0 Å². The minimum atomic E-state index is -0.916. The van der Waals surface area contributed by atoms with Crippen LogP contribution in [0, 0.1) is 5.92 Å². The molecule has 0 aliphatic carbocycles. The smallest absolute Gasteiger partial charge is 0.335 e. The zero-order valence-corrected chi connectivity index (χ0v) is 19.6. The molecule has 1 fully saturated rings. The van der Waals surface area contributed by atoms with Crippen molar-refractivity contribution in [1.29, 1.82) is 0 Å². The van der Waals surface area contributed by atoms with Gasteiger partial charge in [0.25, 0.3) is 5.91 Å². The Hall–Kier alpha value is -3.87. The van der Waals surface area contributed by atoms with Gasteiger partial charge in [0.15, 0.2) is 0 Å². The summed E-state index contributed by atoms with van der Waals surface area (Å²) in [5.74, 6) is 0.231. The quantitative estimate of drug-likeness (QED) is 0.565. The highest BCUT2D eigenvalue weighted by molar-refractivity contribution is 6.06. The Balaban J connectivity index is 1.40. The first-order valence-electron chi connectivity index (χ1n) is 11.6. The van der Waals surface area contributed by atoms with E-state index in [1.165, 1.54) is 0 Å². The van der Waals surface area contributed by atoms with E-state index in [1.54, 1.807) is 18.3 Å². The van der Waals surface area contributed by atoms with Crippen LogP contribution in [0.5, 0.6) is 0 Å². The van der Waals surface area contributed by atoms with E-state index in [-0.39, 0.29) is 5.91 Å². The third kappa shape index (κ3) is 5.36. The molecule has 0 unspecified atom stereocenters. The number of hydrogen-bond acceptors (Lipinski definition) is 5. The lowest BCUT2D eigenvalue weighted by Crippen LogP contribution is -2.46. The second kappa shape index (κ2) is 10.4. The van der Waals surface area contributed by atoms with Crippen LogP contribution in [0.2, 0.25) is 0 Å². The molecule has 1 aromatic heterocycles. The van der Waals surface area contributed by atoms with Gasteiger partial charge in [0, 0.05) is 50.3 Å². The molecule has 1 amide bonds. The molecule has 1 aliphatic rings. The molecule has 3 aromatic rings. The number of benzene rings is 2. The molecule has 0 spiro atoms. The zero-order valence-electron chi connectivity index (χ0n) is 19.6. The summed E-state index contributed by atoms with van der Waals surface area (Å²) in [5, 5.41) is 9.08. The van der Waals surface area contributed by atoms with Crippen LogP contribution >= 0.6 is 0 Å². The van der Waals surface area contributed by atoms with E-state index in [0.717, 1.165) is 43.4 Å². The summed E-state index contributed by atoms with van der Waals surface area (Å²) in [4.78, 5) is 35.2. The summed E-state index contributed by atoms with van der Waals surface area (Å²) < 4.78 is 0. The highest BCUT2D eigenvalue weighted by atomic mass is 16.4. The normalized spacial score (nSPS) is 13.7. The number of amides is 1.